The second kappa shape index (κ2) is 12.9. The monoisotopic (exact) mass is 417 g/mol. The Labute approximate surface area is 183 Å². The molecule has 1 aliphatic carbocycles. The molecule has 2 N–H and O–H groups in total. The molecule has 1 saturated carbocycles. The summed E-state index contributed by atoms with van der Waals surface area (Å²) < 4.78 is 5.94. The largest absolute Gasteiger partial charge is 0.508 e. The second-order valence-corrected chi connectivity index (χ2v) is 9.62. The van der Waals surface area contributed by atoms with Crippen molar-refractivity contribution in [1.82, 2.24) is 5.32 Å². The summed E-state index contributed by atoms with van der Waals surface area (Å²) in [5, 5.41) is 13.2. The minimum absolute atomic E-state index is 0.0381. The molecule has 0 atom stereocenters. The van der Waals surface area contributed by atoms with Crippen molar-refractivity contribution >= 4 is 5.91 Å². The Balaban J connectivity index is 1.63. The third kappa shape index (κ3) is 9.86. The first kappa shape index (κ1) is 24.6. The van der Waals surface area contributed by atoms with Gasteiger partial charge in [-0.05, 0) is 55.2 Å². The molecule has 30 heavy (non-hydrogen) atoms. The van der Waals surface area contributed by atoms with Gasteiger partial charge >= 0.3 is 0 Å². The summed E-state index contributed by atoms with van der Waals surface area (Å²) in [6.07, 6.45) is 14.4. The van der Waals surface area contributed by atoms with E-state index in [2.05, 4.69) is 32.2 Å². The van der Waals surface area contributed by atoms with Gasteiger partial charge in [-0.2, -0.15) is 0 Å². The first-order chi connectivity index (χ1) is 14.4. The van der Waals surface area contributed by atoms with Gasteiger partial charge in [-0.3, -0.25) is 4.79 Å². The van der Waals surface area contributed by atoms with Crippen LogP contribution in [0.2, 0.25) is 0 Å². The molecule has 1 fully saturated rings. The normalized spacial score (nSPS) is 14.0. The van der Waals surface area contributed by atoms with Crippen LogP contribution in [0, 0.1) is 0 Å². The summed E-state index contributed by atoms with van der Waals surface area (Å²) in [4.78, 5) is 11.6. The van der Waals surface area contributed by atoms with Crippen LogP contribution in [0.25, 0.3) is 0 Å². The van der Waals surface area contributed by atoms with Crippen molar-refractivity contribution in [2.75, 3.05) is 6.61 Å². The number of ether oxygens (including phenoxy) is 1. The van der Waals surface area contributed by atoms with E-state index in [0.29, 0.717) is 19.1 Å². The Morgan fingerprint density at radius 3 is 2.47 bits per heavy atom. The fraction of sp³-hybridized carbons (Fsp3) is 0.731. The summed E-state index contributed by atoms with van der Waals surface area (Å²) >= 11 is 0. The van der Waals surface area contributed by atoms with Gasteiger partial charge < -0.3 is 15.2 Å². The van der Waals surface area contributed by atoms with Gasteiger partial charge in [-0.15, -0.1) is 0 Å². The molecule has 0 aromatic heterocycles. The Morgan fingerprint density at radius 1 is 1.03 bits per heavy atom. The number of amides is 1. The minimum Gasteiger partial charge on any atom is -0.508 e. The van der Waals surface area contributed by atoms with Gasteiger partial charge in [0.15, 0.2) is 0 Å². The molecule has 0 heterocycles. The van der Waals surface area contributed by atoms with Crippen molar-refractivity contribution < 1.29 is 14.6 Å². The summed E-state index contributed by atoms with van der Waals surface area (Å²) in [6, 6.07) is 6.17. The molecule has 1 aromatic rings. The zero-order valence-corrected chi connectivity index (χ0v) is 19.5. The predicted octanol–water partition coefficient (Wildman–Crippen LogP) is 6.64. The molecular weight excluding hydrogens is 374 g/mol. The van der Waals surface area contributed by atoms with Crippen LogP contribution in [0.15, 0.2) is 18.2 Å². The quantitative estimate of drug-likeness (QED) is 0.296. The first-order valence-electron chi connectivity index (χ1n) is 12.2. The van der Waals surface area contributed by atoms with Crippen LogP contribution < -0.4 is 10.1 Å². The molecule has 0 aliphatic heterocycles. The van der Waals surface area contributed by atoms with Gasteiger partial charge in [0.05, 0.1) is 6.61 Å². The molecule has 0 radical (unpaired) electrons. The molecular formula is C26H43NO3. The fourth-order valence-corrected chi connectivity index (χ4v) is 3.83. The zero-order chi connectivity index (χ0) is 21.8. The number of nitrogens with one attached hydrogen (secondary N) is 1. The van der Waals surface area contributed by atoms with Crippen LogP contribution in [-0.2, 0) is 10.2 Å². The number of hydrogen-bond donors (Lipinski definition) is 2. The number of rotatable bonds is 16. The van der Waals surface area contributed by atoms with Crippen molar-refractivity contribution in [3.63, 3.8) is 0 Å². The van der Waals surface area contributed by atoms with E-state index in [1.807, 2.05) is 6.07 Å². The van der Waals surface area contributed by atoms with E-state index in [1.54, 1.807) is 6.07 Å². The van der Waals surface area contributed by atoms with Gasteiger partial charge in [0.25, 0.3) is 0 Å². The second-order valence-electron chi connectivity index (χ2n) is 9.62. The van der Waals surface area contributed by atoms with Crippen LogP contribution in [0.4, 0.5) is 0 Å². The lowest BCUT2D eigenvalue weighted by atomic mass is 9.80. The van der Waals surface area contributed by atoms with E-state index < -0.39 is 0 Å². The van der Waals surface area contributed by atoms with Gasteiger partial charge in [0, 0.05) is 18.5 Å². The smallest absolute Gasteiger partial charge is 0.220 e. The molecule has 0 bridgehead atoms. The number of benzene rings is 1. The van der Waals surface area contributed by atoms with Crippen molar-refractivity contribution in [3.8, 4) is 11.5 Å². The Hall–Kier alpha value is -1.71. The molecule has 1 aromatic carbocycles. The lowest BCUT2D eigenvalue weighted by Crippen LogP contribution is -2.24. The van der Waals surface area contributed by atoms with Gasteiger partial charge in [0.1, 0.15) is 11.5 Å². The SMILES string of the molecule is CCCCCCC(C)(C)c1cc(O)cc(OCCCCCCCC(=O)NC2CC2)c1. The van der Waals surface area contributed by atoms with E-state index >= 15 is 0 Å². The van der Waals surface area contributed by atoms with Crippen molar-refractivity contribution in [2.45, 2.75) is 116 Å². The molecule has 4 nitrogen and oxygen atoms in total. The molecule has 0 spiro atoms. The Kier molecular flexibility index (Phi) is 10.5. The van der Waals surface area contributed by atoms with Crippen molar-refractivity contribution in [3.05, 3.63) is 23.8 Å². The number of hydrogen-bond acceptors (Lipinski definition) is 3. The van der Waals surface area contributed by atoms with Crippen LogP contribution in [0.3, 0.4) is 0 Å². The molecule has 4 heteroatoms. The lowest BCUT2D eigenvalue weighted by Gasteiger charge is -2.26. The third-order valence-electron chi connectivity index (χ3n) is 6.09. The standard InChI is InChI=1S/C26H43NO3/c1-4-5-6-11-16-26(2,3)21-18-23(28)20-24(19-21)30-17-12-9-7-8-10-13-25(29)27-22-14-15-22/h18-20,22,28H,4-17H2,1-3H3,(H,27,29). The zero-order valence-electron chi connectivity index (χ0n) is 19.5. The number of carbonyl (C=O) groups excluding carboxylic acids is 1. The van der Waals surface area contributed by atoms with Crippen LogP contribution in [-0.4, -0.2) is 23.7 Å². The third-order valence-corrected chi connectivity index (χ3v) is 6.09. The highest BCUT2D eigenvalue weighted by molar-refractivity contribution is 5.76. The highest BCUT2D eigenvalue weighted by atomic mass is 16.5. The number of carbonyl (C=O) groups is 1. The lowest BCUT2D eigenvalue weighted by molar-refractivity contribution is -0.121. The number of unbranched alkanes of at least 4 members (excludes halogenated alkanes) is 7. The summed E-state index contributed by atoms with van der Waals surface area (Å²) in [5.41, 5.74) is 1.19. The van der Waals surface area contributed by atoms with Gasteiger partial charge in [-0.1, -0.05) is 65.7 Å². The van der Waals surface area contributed by atoms with Crippen molar-refractivity contribution in [2.24, 2.45) is 0 Å². The molecule has 0 saturated heterocycles. The maximum Gasteiger partial charge on any atom is 0.220 e. The summed E-state index contributed by atoms with van der Waals surface area (Å²) in [6.45, 7) is 7.41. The van der Waals surface area contributed by atoms with E-state index in [9.17, 15) is 9.90 Å². The number of aromatic hydroxyl groups is 1. The van der Waals surface area contributed by atoms with Crippen LogP contribution in [0.1, 0.15) is 110 Å². The van der Waals surface area contributed by atoms with Gasteiger partial charge in [0.2, 0.25) is 5.91 Å². The summed E-state index contributed by atoms with van der Waals surface area (Å²) in [5.74, 6) is 1.27. The fourth-order valence-electron chi connectivity index (χ4n) is 3.83. The van der Waals surface area contributed by atoms with Crippen LogP contribution in [0.5, 0.6) is 11.5 Å². The average molecular weight is 418 g/mol. The van der Waals surface area contributed by atoms with E-state index in [0.717, 1.165) is 62.7 Å². The highest BCUT2D eigenvalue weighted by Gasteiger charge is 2.23. The van der Waals surface area contributed by atoms with E-state index in [1.165, 1.54) is 25.7 Å². The highest BCUT2D eigenvalue weighted by Crippen LogP contribution is 2.34. The topological polar surface area (TPSA) is 58.6 Å². The van der Waals surface area contributed by atoms with E-state index in [-0.39, 0.29) is 17.1 Å². The summed E-state index contributed by atoms with van der Waals surface area (Å²) in [7, 11) is 0. The molecule has 2 rings (SSSR count). The van der Waals surface area contributed by atoms with Crippen molar-refractivity contribution in [1.29, 1.82) is 0 Å². The molecule has 0 unspecified atom stereocenters. The first-order valence-corrected chi connectivity index (χ1v) is 12.2. The van der Waals surface area contributed by atoms with E-state index in [4.69, 9.17) is 4.74 Å². The average Bonchev–Trinajstić information content (AvgIpc) is 3.51. The molecule has 170 valence electrons. The number of phenols is 1. The van der Waals surface area contributed by atoms with Gasteiger partial charge in [-0.25, -0.2) is 0 Å². The Morgan fingerprint density at radius 2 is 1.73 bits per heavy atom. The Bertz CT molecular complexity index is 637. The predicted molar refractivity (Wildman–Crippen MR) is 124 cm³/mol. The molecule has 1 aliphatic rings. The number of phenolic OH excluding ortho intramolecular Hbond substituents is 1. The maximum atomic E-state index is 11.6. The minimum atomic E-state index is 0.0381. The van der Waals surface area contributed by atoms with Crippen LogP contribution >= 0.6 is 0 Å². The maximum absolute atomic E-state index is 11.6. The molecule has 1 amide bonds.